The summed E-state index contributed by atoms with van der Waals surface area (Å²) in [5.74, 6) is 0. The molecule has 19 heavy (non-hydrogen) atoms. The van der Waals surface area contributed by atoms with E-state index < -0.39 is 5.60 Å². The van der Waals surface area contributed by atoms with Crippen molar-refractivity contribution < 1.29 is 9.53 Å². The van der Waals surface area contributed by atoms with Crippen LogP contribution in [0, 0.1) is 0 Å². The summed E-state index contributed by atoms with van der Waals surface area (Å²) in [6, 6.07) is 1.97. The molecule has 0 unspecified atom stereocenters. The summed E-state index contributed by atoms with van der Waals surface area (Å²) in [7, 11) is 0. The number of carbonyl (C=O) groups excluding carboxylic acids is 1. The number of pyridine rings is 1. The first-order valence-electron chi connectivity index (χ1n) is 6.32. The molecule has 0 aliphatic heterocycles. The Morgan fingerprint density at radius 1 is 1.47 bits per heavy atom. The smallest absolute Gasteiger partial charge is 0.407 e. The molecule has 0 saturated carbocycles. The lowest BCUT2D eigenvalue weighted by Gasteiger charge is -2.19. The molecule has 0 aliphatic rings. The second kappa shape index (κ2) is 5.30. The number of hydrogen-bond acceptors (Lipinski definition) is 3. The van der Waals surface area contributed by atoms with Crippen molar-refractivity contribution in [3.05, 3.63) is 30.2 Å². The molecule has 5 nitrogen and oxygen atoms in total. The first-order chi connectivity index (χ1) is 8.96. The number of fused-ring (bicyclic) bond motifs is 1. The van der Waals surface area contributed by atoms with Crippen LogP contribution in [0.15, 0.2) is 24.7 Å². The fourth-order valence-electron chi connectivity index (χ4n) is 1.85. The monoisotopic (exact) mass is 261 g/mol. The molecule has 0 saturated heterocycles. The number of rotatable bonds is 3. The van der Waals surface area contributed by atoms with Gasteiger partial charge < -0.3 is 15.0 Å². The molecule has 0 fully saturated rings. The molecule has 5 heteroatoms. The Kier molecular flexibility index (Phi) is 3.74. The van der Waals surface area contributed by atoms with E-state index in [9.17, 15) is 4.79 Å². The minimum Gasteiger partial charge on any atom is -0.444 e. The molecular formula is C14H19N3O2. The summed E-state index contributed by atoms with van der Waals surface area (Å²) >= 11 is 0. The Bertz CT molecular complexity index is 569. The number of nitrogens with zero attached hydrogens (tertiary/aromatic N) is 1. The number of amides is 1. The Labute approximate surface area is 112 Å². The number of hydrogen-bond donors (Lipinski definition) is 2. The Morgan fingerprint density at radius 3 is 3.00 bits per heavy atom. The van der Waals surface area contributed by atoms with Gasteiger partial charge in [-0.05, 0) is 38.8 Å². The number of alkyl carbamates (subject to hydrolysis) is 1. The molecule has 2 heterocycles. The van der Waals surface area contributed by atoms with Gasteiger partial charge in [-0.3, -0.25) is 4.98 Å². The van der Waals surface area contributed by atoms with Crippen LogP contribution < -0.4 is 5.32 Å². The van der Waals surface area contributed by atoms with Crippen molar-refractivity contribution >= 4 is 17.0 Å². The van der Waals surface area contributed by atoms with Crippen LogP contribution in [-0.4, -0.2) is 28.2 Å². The zero-order chi connectivity index (χ0) is 13.9. The first-order valence-corrected chi connectivity index (χ1v) is 6.32. The molecular weight excluding hydrogens is 242 g/mol. The topological polar surface area (TPSA) is 67.0 Å². The molecule has 2 rings (SSSR count). The van der Waals surface area contributed by atoms with Gasteiger partial charge >= 0.3 is 6.09 Å². The summed E-state index contributed by atoms with van der Waals surface area (Å²) in [5, 5.41) is 3.89. The van der Waals surface area contributed by atoms with Gasteiger partial charge in [0.2, 0.25) is 0 Å². The first kappa shape index (κ1) is 13.4. The maximum absolute atomic E-state index is 11.5. The molecule has 2 N–H and O–H groups in total. The van der Waals surface area contributed by atoms with Gasteiger partial charge in [0.15, 0.2) is 0 Å². The van der Waals surface area contributed by atoms with Crippen LogP contribution in [-0.2, 0) is 11.2 Å². The van der Waals surface area contributed by atoms with E-state index in [0.29, 0.717) is 6.54 Å². The molecule has 0 spiro atoms. The predicted octanol–water partition coefficient (Wildman–Crippen LogP) is 2.63. The van der Waals surface area contributed by atoms with Crippen LogP contribution in [0.5, 0.6) is 0 Å². The fourth-order valence-corrected chi connectivity index (χ4v) is 1.85. The number of aromatic nitrogens is 2. The maximum atomic E-state index is 11.5. The number of H-pyrrole nitrogens is 1. The zero-order valence-electron chi connectivity index (χ0n) is 11.5. The summed E-state index contributed by atoms with van der Waals surface area (Å²) in [6.07, 6.45) is 5.88. The van der Waals surface area contributed by atoms with Crippen LogP contribution in [0.25, 0.3) is 10.9 Å². The Hall–Kier alpha value is -2.04. The van der Waals surface area contributed by atoms with Crippen molar-refractivity contribution in [2.75, 3.05) is 6.54 Å². The molecule has 2 aromatic rings. The van der Waals surface area contributed by atoms with Gasteiger partial charge in [0, 0.05) is 24.3 Å². The molecule has 0 radical (unpaired) electrons. The molecule has 0 atom stereocenters. The van der Waals surface area contributed by atoms with E-state index in [2.05, 4.69) is 15.3 Å². The van der Waals surface area contributed by atoms with E-state index in [1.54, 1.807) is 12.4 Å². The highest BCUT2D eigenvalue weighted by Crippen LogP contribution is 2.16. The lowest BCUT2D eigenvalue weighted by molar-refractivity contribution is 0.0528. The van der Waals surface area contributed by atoms with Gasteiger partial charge in [-0.15, -0.1) is 0 Å². The quantitative estimate of drug-likeness (QED) is 0.892. The average molecular weight is 261 g/mol. The van der Waals surface area contributed by atoms with Crippen LogP contribution in [0.2, 0.25) is 0 Å². The van der Waals surface area contributed by atoms with Crippen molar-refractivity contribution in [1.82, 2.24) is 15.3 Å². The van der Waals surface area contributed by atoms with Crippen molar-refractivity contribution in [2.24, 2.45) is 0 Å². The minimum atomic E-state index is -0.462. The SMILES string of the molecule is CC(C)(C)OC(=O)NCCc1c[nH]c2cnccc12. The van der Waals surface area contributed by atoms with Gasteiger partial charge in [-0.2, -0.15) is 0 Å². The van der Waals surface area contributed by atoms with E-state index in [1.165, 1.54) is 0 Å². The summed E-state index contributed by atoms with van der Waals surface area (Å²) < 4.78 is 5.18. The third-order valence-electron chi connectivity index (χ3n) is 2.63. The van der Waals surface area contributed by atoms with Gasteiger partial charge in [0.25, 0.3) is 0 Å². The highest BCUT2D eigenvalue weighted by molar-refractivity contribution is 5.82. The third-order valence-corrected chi connectivity index (χ3v) is 2.63. The van der Waals surface area contributed by atoms with Crippen LogP contribution in [0.4, 0.5) is 4.79 Å². The Balaban J connectivity index is 1.88. The number of carbonyl (C=O) groups is 1. The highest BCUT2D eigenvalue weighted by atomic mass is 16.6. The molecule has 0 aromatic carbocycles. The zero-order valence-corrected chi connectivity index (χ0v) is 11.5. The van der Waals surface area contributed by atoms with Gasteiger partial charge in [-0.1, -0.05) is 0 Å². The summed E-state index contributed by atoms with van der Waals surface area (Å²) in [4.78, 5) is 18.7. The van der Waals surface area contributed by atoms with Crippen molar-refractivity contribution in [3.8, 4) is 0 Å². The lowest BCUT2D eigenvalue weighted by atomic mass is 10.1. The average Bonchev–Trinajstić information content (AvgIpc) is 2.70. The normalized spacial score (nSPS) is 11.5. The lowest BCUT2D eigenvalue weighted by Crippen LogP contribution is -2.33. The largest absolute Gasteiger partial charge is 0.444 e. The number of ether oxygens (including phenoxy) is 1. The van der Waals surface area contributed by atoms with Gasteiger partial charge in [0.1, 0.15) is 5.60 Å². The second-order valence-corrected chi connectivity index (χ2v) is 5.41. The van der Waals surface area contributed by atoms with Gasteiger partial charge in [-0.25, -0.2) is 4.79 Å². The summed E-state index contributed by atoms with van der Waals surface area (Å²) in [5.41, 5.74) is 1.71. The van der Waals surface area contributed by atoms with Gasteiger partial charge in [0.05, 0.1) is 11.7 Å². The van der Waals surface area contributed by atoms with Crippen molar-refractivity contribution in [3.63, 3.8) is 0 Å². The molecule has 2 aromatic heterocycles. The second-order valence-electron chi connectivity index (χ2n) is 5.41. The van der Waals surface area contributed by atoms with E-state index >= 15 is 0 Å². The van der Waals surface area contributed by atoms with E-state index in [0.717, 1.165) is 22.9 Å². The number of nitrogens with one attached hydrogen (secondary N) is 2. The molecule has 0 aliphatic carbocycles. The van der Waals surface area contributed by atoms with E-state index in [-0.39, 0.29) is 6.09 Å². The van der Waals surface area contributed by atoms with Crippen molar-refractivity contribution in [1.29, 1.82) is 0 Å². The third kappa shape index (κ3) is 3.71. The van der Waals surface area contributed by atoms with Crippen LogP contribution in [0.3, 0.4) is 0 Å². The Morgan fingerprint density at radius 2 is 2.26 bits per heavy atom. The van der Waals surface area contributed by atoms with Crippen LogP contribution in [0.1, 0.15) is 26.3 Å². The van der Waals surface area contributed by atoms with E-state index in [4.69, 9.17) is 4.74 Å². The summed E-state index contributed by atoms with van der Waals surface area (Å²) in [6.45, 7) is 6.09. The van der Waals surface area contributed by atoms with Crippen molar-refractivity contribution in [2.45, 2.75) is 32.8 Å². The van der Waals surface area contributed by atoms with Crippen LogP contribution >= 0.6 is 0 Å². The molecule has 102 valence electrons. The predicted molar refractivity (Wildman–Crippen MR) is 74.0 cm³/mol. The number of aromatic amines is 1. The highest BCUT2D eigenvalue weighted by Gasteiger charge is 2.15. The minimum absolute atomic E-state index is 0.381. The van der Waals surface area contributed by atoms with E-state index in [1.807, 2.05) is 33.0 Å². The molecule has 1 amide bonds. The fraction of sp³-hybridized carbons (Fsp3) is 0.429. The standard InChI is InChI=1S/C14H19N3O2/c1-14(2,3)19-13(18)16-7-4-10-8-17-12-9-15-6-5-11(10)12/h5-6,8-9,17H,4,7H2,1-3H3,(H,16,18). The maximum Gasteiger partial charge on any atom is 0.407 e. The molecule has 0 bridgehead atoms.